The molecule has 4 N–H and O–H groups in total. The van der Waals surface area contributed by atoms with E-state index in [1.807, 2.05) is 12.1 Å². The Morgan fingerprint density at radius 2 is 2.06 bits per heavy atom. The molecule has 1 atom stereocenters. The lowest BCUT2D eigenvalue weighted by atomic mass is 10.1. The smallest absolute Gasteiger partial charge is 0.234 e. The number of terminal acetylenes is 1. The van der Waals surface area contributed by atoms with Gasteiger partial charge in [0.05, 0.1) is 6.04 Å². The number of rotatable bonds is 5. The van der Waals surface area contributed by atoms with Gasteiger partial charge in [-0.3, -0.25) is 4.79 Å². The van der Waals surface area contributed by atoms with Crippen molar-refractivity contribution in [3.05, 3.63) is 29.8 Å². The van der Waals surface area contributed by atoms with E-state index in [1.165, 1.54) is 0 Å². The third kappa shape index (κ3) is 3.64. The Kier molecular flexibility index (Phi) is 4.37. The number of hydrogen-bond acceptors (Lipinski definition) is 3. The van der Waals surface area contributed by atoms with E-state index in [-0.39, 0.29) is 6.61 Å². The highest BCUT2D eigenvalue weighted by molar-refractivity contribution is 5.79. The molecule has 1 aromatic carbocycles. The number of benzene rings is 1. The molecular formula is C12H14N2O2. The van der Waals surface area contributed by atoms with E-state index in [9.17, 15) is 4.79 Å². The predicted molar refractivity (Wildman–Crippen MR) is 61.6 cm³/mol. The largest absolute Gasteiger partial charge is 0.481 e. The topological polar surface area (TPSA) is 78.3 Å². The first-order valence-electron chi connectivity index (χ1n) is 4.83. The Morgan fingerprint density at radius 3 is 2.56 bits per heavy atom. The van der Waals surface area contributed by atoms with Crippen LogP contribution >= 0.6 is 0 Å². The standard InChI is InChI=1S/C12H14N2O2/c1-2-7-16-10-5-3-9(4-6-10)8-11(13)12(14)15/h1,3-6,11H,7-8,13H2,(H2,14,15). The maximum absolute atomic E-state index is 10.8. The monoisotopic (exact) mass is 218 g/mol. The van der Waals surface area contributed by atoms with Crippen LogP contribution in [-0.2, 0) is 11.2 Å². The van der Waals surface area contributed by atoms with Crippen LogP contribution in [0.1, 0.15) is 5.56 Å². The van der Waals surface area contributed by atoms with Crippen LogP contribution in [0.3, 0.4) is 0 Å². The van der Waals surface area contributed by atoms with Crippen LogP contribution in [0, 0.1) is 12.3 Å². The number of amides is 1. The first-order chi connectivity index (χ1) is 7.63. The van der Waals surface area contributed by atoms with E-state index in [0.29, 0.717) is 12.2 Å². The summed E-state index contributed by atoms with van der Waals surface area (Å²) in [5.74, 6) is 2.56. The van der Waals surface area contributed by atoms with Crippen molar-refractivity contribution in [1.29, 1.82) is 0 Å². The molecule has 4 heteroatoms. The lowest BCUT2D eigenvalue weighted by molar-refractivity contribution is -0.119. The SMILES string of the molecule is C#CCOc1ccc(CC(N)C(N)=O)cc1. The summed E-state index contributed by atoms with van der Waals surface area (Å²) in [5.41, 5.74) is 11.5. The quantitative estimate of drug-likeness (QED) is 0.686. The Balaban J connectivity index is 2.58. The molecule has 0 saturated heterocycles. The van der Waals surface area contributed by atoms with Crippen LogP contribution in [0.5, 0.6) is 5.75 Å². The van der Waals surface area contributed by atoms with Crippen LogP contribution in [0.4, 0.5) is 0 Å². The van der Waals surface area contributed by atoms with Crippen molar-refractivity contribution >= 4 is 5.91 Å². The van der Waals surface area contributed by atoms with E-state index < -0.39 is 11.9 Å². The average molecular weight is 218 g/mol. The summed E-state index contributed by atoms with van der Waals surface area (Å²) in [6.45, 7) is 0.236. The second-order valence-corrected chi connectivity index (χ2v) is 3.35. The van der Waals surface area contributed by atoms with Gasteiger partial charge in [0, 0.05) is 0 Å². The number of hydrogen-bond donors (Lipinski definition) is 2. The minimum atomic E-state index is -0.655. The Bertz CT molecular complexity index is 392. The Hall–Kier alpha value is -1.99. The molecule has 0 fully saturated rings. The molecule has 4 nitrogen and oxygen atoms in total. The van der Waals surface area contributed by atoms with Crippen molar-refractivity contribution in [2.75, 3.05) is 6.61 Å². The average Bonchev–Trinajstić information content (AvgIpc) is 2.28. The van der Waals surface area contributed by atoms with E-state index in [4.69, 9.17) is 22.6 Å². The van der Waals surface area contributed by atoms with Crippen LogP contribution < -0.4 is 16.2 Å². The second-order valence-electron chi connectivity index (χ2n) is 3.35. The Labute approximate surface area is 94.6 Å². The van der Waals surface area contributed by atoms with Crippen LogP contribution in [0.15, 0.2) is 24.3 Å². The maximum Gasteiger partial charge on any atom is 0.234 e. The number of carbonyl (C=O) groups is 1. The van der Waals surface area contributed by atoms with Gasteiger partial charge in [0.25, 0.3) is 0 Å². The van der Waals surface area contributed by atoms with Crippen molar-refractivity contribution in [2.24, 2.45) is 11.5 Å². The molecule has 0 spiro atoms. The molecule has 0 heterocycles. The molecule has 16 heavy (non-hydrogen) atoms. The fourth-order valence-electron chi connectivity index (χ4n) is 1.20. The zero-order chi connectivity index (χ0) is 12.0. The fraction of sp³-hybridized carbons (Fsp3) is 0.250. The van der Waals surface area contributed by atoms with Gasteiger partial charge in [0.2, 0.25) is 5.91 Å². The van der Waals surface area contributed by atoms with E-state index in [2.05, 4.69) is 5.92 Å². The molecule has 84 valence electrons. The third-order valence-corrected chi connectivity index (χ3v) is 2.07. The minimum Gasteiger partial charge on any atom is -0.481 e. The number of carbonyl (C=O) groups excluding carboxylic acids is 1. The molecule has 1 amide bonds. The minimum absolute atomic E-state index is 0.236. The van der Waals surface area contributed by atoms with Crippen molar-refractivity contribution in [2.45, 2.75) is 12.5 Å². The molecular weight excluding hydrogens is 204 g/mol. The van der Waals surface area contributed by atoms with Crippen molar-refractivity contribution < 1.29 is 9.53 Å². The molecule has 0 aromatic heterocycles. The molecule has 1 unspecified atom stereocenters. The summed E-state index contributed by atoms with van der Waals surface area (Å²) in [6, 6.07) is 6.56. The van der Waals surface area contributed by atoms with Crippen LogP contribution in [0.25, 0.3) is 0 Å². The van der Waals surface area contributed by atoms with Gasteiger partial charge in [-0.25, -0.2) is 0 Å². The van der Waals surface area contributed by atoms with Crippen molar-refractivity contribution in [1.82, 2.24) is 0 Å². The number of ether oxygens (including phenoxy) is 1. The first kappa shape index (κ1) is 12.1. The van der Waals surface area contributed by atoms with Crippen molar-refractivity contribution in [3.8, 4) is 18.1 Å². The van der Waals surface area contributed by atoms with Gasteiger partial charge in [-0.15, -0.1) is 6.42 Å². The Morgan fingerprint density at radius 1 is 1.44 bits per heavy atom. The lowest BCUT2D eigenvalue weighted by Crippen LogP contribution is -2.38. The molecule has 0 aliphatic heterocycles. The van der Waals surface area contributed by atoms with E-state index in [0.717, 1.165) is 5.56 Å². The summed E-state index contributed by atoms with van der Waals surface area (Å²) in [5, 5.41) is 0. The first-order valence-corrected chi connectivity index (χ1v) is 4.83. The summed E-state index contributed by atoms with van der Waals surface area (Å²) in [4.78, 5) is 10.8. The lowest BCUT2D eigenvalue weighted by Gasteiger charge is -2.08. The maximum atomic E-state index is 10.8. The molecule has 1 rings (SSSR count). The predicted octanol–water partition coefficient (Wildman–Crippen LogP) is 0.0537. The van der Waals surface area contributed by atoms with Gasteiger partial charge in [-0.2, -0.15) is 0 Å². The second kappa shape index (κ2) is 5.79. The molecule has 1 aromatic rings. The zero-order valence-electron chi connectivity index (χ0n) is 8.85. The molecule has 0 saturated carbocycles. The fourth-order valence-corrected chi connectivity index (χ4v) is 1.20. The van der Waals surface area contributed by atoms with Gasteiger partial charge >= 0.3 is 0 Å². The summed E-state index contributed by atoms with van der Waals surface area (Å²) >= 11 is 0. The van der Waals surface area contributed by atoms with E-state index >= 15 is 0 Å². The summed E-state index contributed by atoms with van der Waals surface area (Å²) in [6.07, 6.45) is 5.48. The number of nitrogens with two attached hydrogens (primary N) is 2. The summed E-state index contributed by atoms with van der Waals surface area (Å²) in [7, 11) is 0. The van der Waals surface area contributed by atoms with Crippen molar-refractivity contribution in [3.63, 3.8) is 0 Å². The highest BCUT2D eigenvalue weighted by Crippen LogP contribution is 2.12. The van der Waals surface area contributed by atoms with Gasteiger partial charge in [-0.05, 0) is 24.1 Å². The van der Waals surface area contributed by atoms with Gasteiger partial charge in [0.1, 0.15) is 12.4 Å². The van der Waals surface area contributed by atoms with Gasteiger partial charge in [0.15, 0.2) is 0 Å². The highest BCUT2D eigenvalue weighted by atomic mass is 16.5. The highest BCUT2D eigenvalue weighted by Gasteiger charge is 2.09. The molecule has 0 radical (unpaired) electrons. The normalized spacial score (nSPS) is 11.5. The number of primary amides is 1. The molecule has 0 aliphatic rings. The van der Waals surface area contributed by atoms with Crippen LogP contribution in [0.2, 0.25) is 0 Å². The van der Waals surface area contributed by atoms with Gasteiger partial charge in [-0.1, -0.05) is 18.1 Å². The van der Waals surface area contributed by atoms with Gasteiger partial charge < -0.3 is 16.2 Å². The molecule has 0 aliphatic carbocycles. The van der Waals surface area contributed by atoms with E-state index in [1.54, 1.807) is 12.1 Å². The zero-order valence-corrected chi connectivity index (χ0v) is 8.85. The summed E-state index contributed by atoms with van der Waals surface area (Å²) < 4.78 is 5.20. The van der Waals surface area contributed by atoms with Crippen LogP contribution in [-0.4, -0.2) is 18.6 Å². The molecule has 0 bridgehead atoms. The third-order valence-electron chi connectivity index (χ3n) is 2.07.